The van der Waals surface area contributed by atoms with Crippen LogP contribution in [0.4, 0.5) is 11.4 Å². The van der Waals surface area contributed by atoms with Gasteiger partial charge in [0.25, 0.3) is 5.91 Å². The van der Waals surface area contributed by atoms with Crippen LogP contribution in [0.15, 0.2) is 97.1 Å². The summed E-state index contributed by atoms with van der Waals surface area (Å²) in [4.78, 5) is 47.8. The molecule has 0 radical (unpaired) electrons. The number of aliphatic hydroxyl groups is 1. The van der Waals surface area contributed by atoms with E-state index in [9.17, 15) is 19.5 Å². The Hall–Kier alpha value is -4.27. The average molecular weight is 550 g/mol. The van der Waals surface area contributed by atoms with Crippen molar-refractivity contribution < 1.29 is 24.2 Å². The number of carbonyl (C=O) groups excluding carboxylic acids is 3. The number of para-hydroxylation sites is 1. The Morgan fingerprint density at radius 2 is 1.54 bits per heavy atom. The largest absolute Gasteiger partial charge is 0.396 e. The molecule has 208 valence electrons. The molecule has 0 aliphatic carbocycles. The zero-order valence-corrected chi connectivity index (χ0v) is 22.5. The van der Waals surface area contributed by atoms with Crippen molar-refractivity contribution in [1.82, 2.24) is 4.90 Å². The lowest BCUT2D eigenvalue weighted by atomic mass is 9.77. The van der Waals surface area contributed by atoms with Crippen LogP contribution in [0.3, 0.4) is 0 Å². The average Bonchev–Trinajstić information content (AvgIpc) is 3.30. The minimum absolute atomic E-state index is 0.122. The van der Waals surface area contributed by atoms with Gasteiger partial charge >= 0.3 is 0 Å². The molecule has 5 atom stereocenters. The molecule has 2 fully saturated rings. The molecule has 8 heteroatoms. The van der Waals surface area contributed by atoms with Crippen molar-refractivity contribution in [3.05, 3.63) is 97.1 Å². The summed E-state index contributed by atoms with van der Waals surface area (Å²) >= 11 is 0. The molecule has 2 saturated heterocycles. The Kier molecular flexibility index (Phi) is 6.25. The van der Waals surface area contributed by atoms with Crippen molar-refractivity contribution >= 4 is 39.9 Å². The first-order valence-corrected chi connectivity index (χ1v) is 14.1. The highest BCUT2D eigenvalue weighted by Gasteiger charge is 2.71. The molecular formula is C33H31N3O5. The van der Waals surface area contributed by atoms with E-state index >= 15 is 0 Å². The van der Waals surface area contributed by atoms with Gasteiger partial charge in [-0.3, -0.25) is 14.4 Å². The standard InChI is InChI=1S/C33H31N3O5/c37-20-8-19-36-29-32(40)35(25-15-14-22-9-4-5-10-23(22)21-25)18-7-16-33(29)28(31(36)39)27-26(41-33)13-6-17-34(30(27)38)24-11-2-1-3-12-24/h1-7,9-16,21,26-29,37H,8,17-20H2/t26-,27+,28+,29?,33+/m1/s1. The van der Waals surface area contributed by atoms with Gasteiger partial charge in [0.05, 0.1) is 17.9 Å². The molecule has 8 nitrogen and oxygen atoms in total. The summed E-state index contributed by atoms with van der Waals surface area (Å²) in [5.41, 5.74) is 0.175. The Morgan fingerprint density at radius 3 is 2.34 bits per heavy atom. The van der Waals surface area contributed by atoms with E-state index < -0.39 is 29.6 Å². The monoisotopic (exact) mass is 549 g/mol. The molecule has 7 rings (SSSR count). The Balaban J connectivity index is 1.31. The van der Waals surface area contributed by atoms with Gasteiger partial charge in [0.1, 0.15) is 11.6 Å². The van der Waals surface area contributed by atoms with Crippen molar-refractivity contribution in [2.75, 3.05) is 36.0 Å². The number of ether oxygens (including phenoxy) is 1. The zero-order chi connectivity index (χ0) is 28.1. The maximum Gasteiger partial charge on any atom is 0.253 e. The third-order valence-electron chi connectivity index (χ3n) is 8.83. The van der Waals surface area contributed by atoms with Crippen LogP contribution in [-0.4, -0.2) is 71.7 Å². The molecule has 41 heavy (non-hydrogen) atoms. The summed E-state index contributed by atoms with van der Waals surface area (Å²) in [5.74, 6) is -2.39. The number of amides is 3. The van der Waals surface area contributed by atoms with Crippen molar-refractivity contribution in [3.8, 4) is 0 Å². The van der Waals surface area contributed by atoms with Crippen LogP contribution in [0.5, 0.6) is 0 Å². The van der Waals surface area contributed by atoms with Crippen LogP contribution in [0.2, 0.25) is 0 Å². The van der Waals surface area contributed by atoms with Gasteiger partial charge in [-0.05, 0) is 41.5 Å². The Labute approximate surface area is 238 Å². The summed E-state index contributed by atoms with van der Waals surface area (Å²) in [5, 5.41) is 11.7. The summed E-state index contributed by atoms with van der Waals surface area (Å²) in [6, 6.07) is 22.3. The number of hydrogen-bond acceptors (Lipinski definition) is 5. The highest BCUT2D eigenvalue weighted by atomic mass is 16.5. The maximum atomic E-state index is 14.5. The molecule has 1 unspecified atom stereocenters. The van der Waals surface area contributed by atoms with E-state index in [0.717, 1.165) is 22.1 Å². The molecule has 4 aliphatic rings. The molecule has 0 saturated carbocycles. The number of fused-ring (bicyclic) bond motifs is 3. The van der Waals surface area contributed by atoms with Crippen LogP contribution in [0.1, 0.15) is 6.42 Å². The molecule has 3 amide bonds. The smallest absolute Gasteiger partial charge is 0.253 e. The van der Waals surface area contributed by atoms with Crippen LogP contribution in [0, 0.1) is 11.8 Å². The van der Waals surface area contributed by atoms with Crippen LogP contribution in [-0.2, 0) is 19.1 Å². The second-order valence-corrected chi connectivity index (χ2v) is 11.0. The van der Waals surface area contributed by atoms with E-state index in [1.807, 2.05) is 97.1 Å². The number of rotatable bonds is 5. The van der Waals surface area contributed by atoms with E-state index in [-0.39, 0.29) is 30.9 Å². The van der Waals surface area contributed by atoms with Crippen LogP contribution >= 0.6 is 0 Å². The zero-order valence-electron chi connectivity index (χ0n) is 22.5. The van der Waals surface area contributed by atoms with Crippen molar-refractivity contribution in [3.63, 3.8) is 0 Å². The van der Waals surface area contributed by atoms with Gasteiger partial charge in [0, 0.05) is 37.6 Å². The number of likely N-dealkylation sites (tertiary alicyclic amines) is 1. The molecule has 1 N–H and O–H groups in total. The fraction of sp³-hybridized carbons (Fsp3) is 0.303. The molecule has 3 aromatic carbocycles. The van der Waals surface area contributed by atoms with Gasteiger partial charge in [0.15, 0.2) is 0 Å². The first kappa shape index (κ1) is 25.7. The summed E-state index contributed by atoms with van der Waals surface area (Å²) < 4.78 is 6.71. The van der Waals surface area contributed by atoms with E-state index in [1.54, 1.807) is 9.80 Å². The second kappa shape index (κ2) is 9.98. The molecule has 0 bridgehead atoms. The third-order valence-corrected chi connectivity index (χ3v) is 8.83. The van der Waals surface area contributed by atoms with Gasteiger partial charge in [0.2, 0.25) is 11.8 Å². The first-order valence-electron chi connectivity index (χ1n) is 14.1. The SMILES string of the molecule is O=C1C2N(CCCO)C(=O)[C@@H]3[C@H]4C(=O)N(c5ccccc5)CC=C[C@H]4O[C@]23C=CCN1c1ccc2ccccc2c1. The molecule has 1 spiro atoms. The van der Waals surface area contributed by atoms with Crippen molar-refractivity contribution in [2.24, 2.45) is 11.8 Å². The van der Waals surface area contributed by atoms with Gasteiger partial charge in [-0.1, -0.05) is 72.8 Å². The summed E-state index contributed by atoms with van der Waals surface area (Å²) in [6.07, 6.45) is 7.18. The van der Waals surface area contributed by atoms with Gasteiger partial charge in [-0.15, -0.1) is 0 Å². The highest BCUT2D eigenvalue weighted by molar-refractivity contribution is 6.08. The lowest BCUT2D eigenvalue weighted by molar-refractivity contribution is -0.140. The van der Waals surface area contributed by atoms with Gasteiger partial charge in [-0.25, -0.2) is 0 Å². The molecule has 4 aliphatic heterocycles. The minimum Gasteiger partial charge on any atom is -0.396 e. The lowest BCUT2D eigenvalue weighted by Crippen LogP contribution is -2.55. The minimum atomic E-state index is -1.30. The number of aliphatic hydroxyl groups excluding tert-OH is 1. The Bertz CT molecular complexity index is 1590. The number of anilines is 2. The van der Waals surface area contributed by atoms with E-state index in [2.05, 4.69) is 0 Å². The first-order chi connectivity index (χ1) is 20.0. The summed E-state index contributed by atoms with van der Waals surface area (Å²) in [6.45, 7) is 0.748. The topological polar surface area (TPSA) is 90.4 Å². The van der Waals surface area contributed by atoms with E-state index in [4.69, 9.17) is 4.74 Å². The fourth-order valence-corrected chi connectivity index (χ4v) is 7.03. The normalized spacial score (nSPS) is 29.0. The van der Waals surface area contributed by atoms with Gasteiger partial charge < -0.3 is 24.5 Å². The predicted molar refractivity (Wildman–Crippen MR) is 155 cm³/mol. The highest BCUT2D eigenvalue weighted by Crippen LogP contribution is 2.53. The third kappa shape index (κ3) is 3.93. The van der Waals surface area contributed by atoms with E-state index in [0.29, 0.717) is 19.5 Å². The maximum absolute atomic E-state index is 14.5. The summed E-state index contributed by atoms with van der Waals surface area (Å²) in [7, 11) is 0. The van der Waals surface area contributed by atoms with Crippen molar-refractivity contribution in [1.29, 1.82) is 0 Å². The number of carbonyl (C=O) groups is 3. The molecule has 4 heterocycles. The van der Waals surface area contributed by atoms with Crippen molar-refractivity contribution in [2.45, 2.75) is 24.2 Å². The molecular weight excluding hydrogens is 518 g/mol. The molecule has 3 aromatic rings. The number of nitrogens with zero attached hydrogens (tertiary/aromatic N) is 3. The number of benzene rings is 3. The van der Waals surface area contributed by atoms with Gasteiger partial charge in [-0.2, -0.15) is 0 Å². The molecule has 0 aromatic heterocycles. The lowest BCUT2D eigenvalue weighted by Gasteiger charge is -2.35. The van der Waals surface area contributed by atoms with Crippen LogP contribution < -0.4 is 9.80 Å². The van der Waals surface area contributed by atoms with E-state index in [1.165, 1.54) is 4.90 Å². The number of hydrogen-bond donors (Lipinski definition) is 1. The Morgan fingerprint density at radius 1 is 0.805 bits per heavy atom. The van der Waals surface area contributed by atoms with Crippen LogP contribution in [0.25, 0.3) is 10.8 Å². The second-order valence-electron chi connectivity index (χ2n) is 11.0. The fourth-order valence-electron chi connectivity index (χ4n) is 7.03. The predicted octanol–water partition coefficient (Wildman–Crippen LogP) is 3.31. The quantitative estimate of drug-likeness (QED) is 0.494.